The van der Waals surface area contributed by atoms with Gasteiger partial charge < -0.3 is 9.47 Å². The third kappa shape index (κ3) is 2.75. The highest BCUT2D eigenvalue weighted by atomic mass is 16.5. The normalized spacial score (nSPS) is 15.5. The quantitative estimate of drug-likeness (QED) is 0.805. The molecule has 0 radical (unpaired) electrons. The molecule has 0 spiro atoms. The lowest BCUT2D eigenvalue weighted by atomic mass is 9.86. The predicted octanol–water partition coefficient (Wildman–Crippen LogP) is 3.92. The van der Waals surface area contributed by atoms with E-state index in [1.54, 1.807) is 14.2 Å². The van der Waals surface area contributed by atoms with Crippen molar-refractivity contribution in [3.8, 4) is 11.5 Å². The molecule has 0 saturated heterocycles. The zero-order valence-corrected chi connectivity index (χ0v) is 12.8. The Morgan fingerprint density at radius 2 is 1.73 bits per heavy atom. The molecule has 0 aliphatic heterocycles. The maximum atomic E-state index is 12.6. The molecule has 2 aromatic carbocycles. The lowest BCUT2D eigenvalue weighted by Crippen LogP contribution is -2.14. The van der Waals surface area contributed by atoms with Crippen LogP contribution in [0.5, 0.6) is 11.5 Å². The summed E-state index contributed by atoms with van der Waals surface area (Å²) >= 11 is 0. The number of ether oxygens (including phenoxy) is 2. The molecule has 22 heavy (non-hydrogen) atoms. The van der Waals surface area contributed by atoms with E-state index in [0.717, 1.165) is 46.6 Å². The molecule has 1 aliphatic carbocycles. The first-order valence-electron chi connectivity index (χ1n) is 7.27. The van der Waals surface area contributed by atoms with Crippen molar-refractivity contribution in [3.05, 3.63) is 64.7 Å². The zero-order valence-electron chi connectivity index (χ0n) is 12.8. The lowest BCUT2D eigenvalue weighted by molar-refractivity contribution is 0.102. The monoisotopic (exact) mass is 294 g/mol. The number of ketones is 1. The van der Waals surface area contributed by atoms with Crippen molar-refractivity contribution in [1.82, 2.24) is 0 Å². The van der Waals surface area contributed by atoms with E-state index in [-0.39, 0.29) is 5.78 Å². The summed E-state index contributed by atoms with van der Waals surface area (Å²) in [5.74, 6) is 1.70. The second-order valence-corrected chi connectivity index (χ2v) is 5.30. The van der Waals surface area contributed by atoms with Gasteiger partial charge in [-0.25, -0.2) is 0 Å². The SMILES string of the molecule is COc1cccc(/C=C2\CCc3cc(OC)ccc3C2=O)c1. The van der Waals surface area contributed by atoms with E-state index in [9.17, 15) is 4.79 Å². The maximum Gasteiger partial charge on any atom is 0.189 e. The highest BCUT2D eigenvalue weighted by molar-refractivity contribution is 6.13. The fraction of sp³-hybridized carbons (Fsp3) is 0.211. The number of methoxy groups -OCH3 is 2. The first-order valence-corrected chi connectivity index (χ1v) is 7.27. The number of allylic oxidation sites excluding steroid dienone is 1. The van der Waals surface area contributed by atoms with E-state index in [1.165, 1.54) is 0 Å². The Bertz CT molecular complexity index is 744. The van der Waals surface area contributed by atoms with Gasteiger partial charge in [0, 0.05) is 11.1 Å². The number of carbonyl (C=O) groups excluding carboxylic acids is 1. The fourth-order valence-electron chi connectivity index (χ4n) is 2.75. The third-order valence-corrected chi connectivity index (χ3v) is 3.95. The number of carbonyl (C=O) groups is 1. The van der Waals surface area contributed by atoms with Crippen molar-refractivity contribution in [2.45, 2.75) is 12.8 Å². The number of rotatable bonds is 3. The third-order valence-electron chi connectivity index (χ3n) is 3.95. The molecular weight excluding hydrogens is 276 g/mol. The van der Waals surface area contributed by atoms with Crippen LogP contribution < -0.4 is 9.47 Å². The summed E-state index contributed by atoms with van der Waals surface area (Å²) in [5.41, 5.74) is 3.67. The largest absolute Gasteiger partial charge is 0.497 e. The van der Waals surface area contributed by atoms with Gasteiger partial charge >= 0.3 is 0 Å². The first-order chi connectivity index (χ1) is 10.7. The summed E-state index contributed by atoms with van der Waals surface area (Å²) in [6.07, 6.45) is 3.56. The van der Waals surface area contributed by atoms with Gasteiger partial charge in [-0.1, -0.05) is 12.1 Å². The van der Waals surface area contributed by atoms with Crippen LogP contribution in [0.4, 0.5) is 0 Å². The topological polar surface area (TPSA) is 35.5 Å². The Hall–Kier alpha value is -2.55. The summed E-state index contributed by atoms with van der Waals surface area (Å²) in [6, 6.07) is 13.4. The van der Waals surface area contributed by atoms with E-state index in [0.29, 0.717) is 0 Å². The van der Waals surface area contributed by atoms with Crippen molar-refractivity contribution in [2.24, 2.45) is 0 Å². The molecule has 3 rings (SSSR count). The van der Waals surface area contributed by atoms with E-state index >= 15 is 0 Å². The van der Waals surface area contributed by atoms with E-state index in [4.69, 9.17) is 9.47 Å². The van der Waals surface area contributed by atoms with Gasteiger partial charge in [0.2, 0.25) is 0 Å². The molecule has 0 heterocycles. The Morgan fingerprint density at radius 1 is 0.955 bits per heavy atom. The number of hydrogen-bond donors (Lipinski definition) is 0. The fourth-order valence-corrected chi connectivity index (χ4v) is 2.75. The van der Waals surface area contributed by atoms with Crippen LogP contribution >= 0.6 is 0 Å². The van der Waals surface area contributed by atoms with Crippen molar-refractivity contribution < 1.29 is 14.3 Å². The number of Topliss-reactive ketones (excluding diaryl/α,β-unsaturated/α-hetero) is 1. The van der Waals surface area contributed by atoms with Gasteiger partial charge in [-0.15, -0.1) is 0 Å². The van der Waals surface area contributed by atoms with Crippen LogP contribution in [0.25, 0.3) is 6.08 Å². The van der Waals surface area contributed by atoms with Crippen LogP contribution in [-0.2, 0) is 6.42 Å². The minimum Gasteiger partial charge on any atom is -0.497 e. The van der Waals surface area contributed by atoms with Crippen LogP contribution in [0.2, 0.25) is 0 Å². The van der Waals surface area contributed by atoms with Crippen molar-refractivity contribution in [3.63, 3.8) is 0 Å². The number of aryl methyl sites for hydroxylation is 1. The van der Waals surface area contributed by atoms with E-state index < -0.39 is 0 Å². The summed E-state index contributed by atoms with van der Waals surface area (Å²) in [6.45, 7) is 0. The maximum absolute atomic E-state index is 12.6. The molecule has 0 saturated carbocycles. The number of hydrogen-bond acceptors (Lipinski definition) is 3. The second-order valence-electron chi connectivity index (χ2n) is 5.30. The number of benzene rings is 2. The van der Waals surface area contributed by atoms with E-state index in [2.05, 4.69) is 0 Å². The summed E-state index contributed by atoms with van der Waals surface area (Å²) < 4.78 is 10.4. The van der Waals surface area contributed by atoms with Crippen LogP contribution in [0, 0.1) is 0 Å². The summed E-state index contributed by atoms with van der Waals surface area (Å²) in [5, 5.41) is 0. The molecule has 3 nitrogen and oxygen atoms in total. The van der Waals surface area contributed by atoms with Gasteiger partial charge in [-0.05, 0) is 60.4 Å². The second kappa shape index (κ2) is 6.06. The first kappa shape index (κ1) is 14.4. The molecule has 2 aromatic rings. The molecule has 1 aliphatic rings. The molecule has 0 aromatic heterocycles. The van der Waals surface area contributed by atoms with Crippen LogP contribution in [0.15, 0.2) is 48.0 Å². The molecule has 0 atom stereocenters. The predicted molar refractivity (Wildman–Crippen MR) is 86.6 cm³/mol. The molecule has 3 heteroatoms. The van der Waals surface area contributed by atoms with E-state index in [1.807, 2.05) is 48.5 Å². The van der Waals surface area contributed by atoms with Crippen molar-refractivity contribution >= 4 is 11.9 Å². The van der Waals surface area contributed by atoms with Crippen LogP contribution in [-0.4, -0.2) is 20.0 Å². The molecule has 0 unspecified atom stereocenters. The standard InChI is InChI=1S/C19H18O3/c1-21-16-5-3-4-13(11-16)10-15-7-6-14-12-17(22-2)8-9-18(14)19(15)20/h3-5,8-12H,6-7H2,1-2H3/b15-10+. The van der Waals surface area contributed by atoms with Crippen molar-refractivity contribution in [1.29, 1.82) is 0 Å². The van der Waals surface area contributed by atoms with Crippen molar-refractivity contribution in [2.75, 3.05) is 14.2 Å². The van der Waals surface area contributed by atoms with Gasteiger partial charge in [-0.2, -0.15) is 0 Å². The van der Waals surface area contributed by atoms with Crippen LogP contribution in [0.1, 0.15) is 27.9 Å². The Morgan fingerprint density at radius 3 is 2.50 bits per heavy atom. The van der Waals surface area contributed by atoms with Gasteiger partial charge in [-0.3, -0.25) is 4.79 Å². The average molecular weight is 294 g/mol. The highest BCUT2D eigenvalue weighted by Crippen LogP contribution is 2.29. The zero-order chi connectivity index (χ0) is 15.5. The molecule has 0 bridgehead atoms. The summed E-state index contributed by atoms with van der Waals surface area (Å²) in [7, 11) is 3.28. The average Bonchev–Trinajstić information content (AvgIpc) is 2.57. The Balaban J connectivity index is 1.93. The Labute approximate surface area is 130 Å². The minimum absolute atomic E-state index is 0.103. The highest BCUT2D eigenvalue weighted by Gasteiger charge is 2.22. The summed E-state index contributed by atoms with van der Waals surface area (Å²) in [4.78, 5) is 12.6. The lowest BCUT2D eigenvalue weighted by Gasteiger charge is -2.18. The van der Waals surface area contributed by atoms with Gasteiger partial charge in [0.15, 0.2) is 5.78 Å². The van der Waals surface area contributed by atoms with Gasteiger partial charge in [0.05, 0.1) is 14.2 Å². The minimum atomic E-state index is 0.103. The molecule has 0 N–H and O–H groups in total. The number of fused-ring (bicyclic) bond motifs is 1. The smallest absolute Gasteiger partial charge is 0.189 e. The Kier molecular flexibility index (Phi) is 3.96. The van der Waals surface area contributed by atoms with Gasteiger partial charge in [0.25, 0.3) is 0 Å². The van der Waals surface area contributed by atoms with Gasteiger partial charge in [0.1, 0.15) is 11.5 Å². The van der Waals surface area contributed by atoms with Crippen LogP contribution in [0.3, 0.4) is 0 Å². The molecule has 112 valence electrons. The molecule has 0 amide bonds. The molecule has 0 fully saturated rings. The molecular formula is C19H18O3.